The van der Waals surface area contributed by atoms with Gasteiger partial charge in [0, 0.05) is 30.9 Å². The average molecular weight is 389 g/mol. The molecule has 2 aromatic rings. The number of likely N-dealkylation sites (tertiary alicyclic amines) is 1. The van der Waals surface area contributed by atoms with Crippen LogP contribution in [0.5, 0.6) is 0 Å². The molecule has 29 heavy (non-hydrogen) atoms. The highest BCUT2D eigenvalue weighted by Gasteiger charge is 2.31. The zero-order valence-corrected chi connectivity index (χ0v) is 16.7. The van der Waals surface area contributed by atoms with Crippen molar-refractivity contribution in [1.82, 2.24) is 9.80 Å². The number of nitrogens with zero attached hydrogens (tertiary/aromatic N) is 3. The molecule has 0 aromatic heterocycles. The number of fused-ring (bicyclic) bond motifs is 2. The normalized spacial score (nSPS) is 19.5. The van der Waals surface area contributed by atoms with Crippen LogP contribution in [0.1, 0.15) is 34.3 Å². The van der Waals surface area contributed by atoms with E-state index in [2.05, 4.69) is 23.1 Å². The molecule has 2 aromatic carbocycles. The maximum atomic E-state index is 12.8. The van der Waals surface area contributed by atoms with Crippen LogP contribution in [-0.4, -0.2) is 54.3 Å². The Bertz CT molecular complexity index is 933. The summed E-state index contributed by atoms with van der Waals surface area (Å²) >= 11 is 0. The summed E-state index contributed by atoms with van der Waals surface area (Å²) in [6, 6.07) is 16.2. The number of amides is 2. The van der Waals surface area contributed by atoms with Gasteiger partial charge in [0.05, 0.1) is 6.54 Å². The van der Waals surface area contributed by atoms with Crippen molar-refractivity contribution >= 4 is 17.5 Å². The lowest BCUT2D eigenvalue weighted by molar-refractivity contribution is -0.120. The monoisotopic (exact) mass is 389 g/mol. The molecule has 0 N–H and O–H groups in total. The molecule has 3 aliphatic heterocycles. The quantitative estimate of drug-likeness (QED) is 0.808. The Kier molecular flexibility index (Phi) is 4.84. The molecule has 5 rings (SSSR count). The highest BCUT2D eigenvalue weighted by molar-refractivity contribution is 5.98. The molecule has 1 saturated heterocycles. The highest BCUT2D eigenvalue weighted by Crippen LogP contribution is 2.29. The minimum absolute atomic E-state index is 0.172. The van der Waals surface area contributed by atoms with Gasteiger partial charge in [-0.15, -0.1) is 0 Å². The van der Waals surface area contributed by atoms with Gasteiger partial charge in [-0.25, -0.2) is 0 Å². The Balaban J connectivity index is 1.12. The maximum Gasteiger partial charge on any atom is 0.254 e. The molecule has 1 fully saturated rings. The molecule has 0 bridgehead atoms. The molecule has 0 unspecified atom stereocenters. The fourth-order valence-electron chi connectivity index (χ4n) is 4.97. The summed E-state index contributed by atoms with van der Waals surface area (Å²) in [5.41, 5.74) is 4.36. The first-order valence-corrected chi connectivity index (χ1v) is 10.7. The van der Waals surface area contributed by atoms with Crippen molar-refractivity contribution in [2.45, 2.75) is 25.8 Å². The van der Waals surface area contributed by atoms with Gasteiger partial charge >= 0.3 is 0 Å². The van der Waals surface area contributed by atoms with Gasteiger partial charge in [-0.3, -0.25) is 14.5 Å². The van der Waals surface area contributed by atoms with E-state index in [1.165, 1.54) is 5.56 Å². The largest absolute Gasteiger partial charge is 0.334 e. The third-order valence-corrected chi connectivity index (χ3v) is 6.63. The van der Waals surface area contributed by atoms with Crippen LogP contribution in [0.3, 0.4) is 0 Å². The van der Waals surface area contributed by atoms with Crippen LogP contribution in [0.2, 0.25) is 0 Å². The number of rotatable bonds is 4. The maximum absolute atomic E-state index is 12.8. The molecule has 0 saturated carbocycles. The molecule has 5 nitrogen and oxygen atoms in total. The zero-order valence-electron chi connectivity index (χ0n) is 16.7. The van der Waals surface area contributed by atoms with E-state index in [0.29, 0.717) is 12.5 Å². The lowest BCUT2D eigenvalue weighted by Crippen LogP contribution is -2.44. The first kappa shape index (κ1) is 18.4. The van der Waals surface area contributed by atoms with Gasteiger partial charge in [-0.05, 0) is 61.5 Å². The summed E-state index contributed by atoms with van der Waals surface area (Å²) in [4.78, 5) is 31.7. The third kappa shape index (κ3) is 3.55. The van der Waals surface area contributed by atoms with Crippen molar-refractivity contribution in [3.05, 3.63) is 65.2 Å². The van der Waals surface area contributed by atoms with Gasteiger partial charge in [0.25, 0.3) is 5.91 Å². The summed E-state index contributed by atoms with van der Waals surface area (Å²) in [7, 11) is 0. The summed E-state index contributed by atoms with van der Waals surface area (Å²) in [6.45, 7) is 4.72. The molecular formula is C24H27N3O2. The van der Waals surface area contributed by atoms with E-state index in [1.807, 2.05) is 40.1 Å². The second-order valence-corrected chi connectivity index (χ2v) is 8.49. The van der Waals surface area contributed by atoms with Crippen LogP contribution in [0, 0.1) is 5.92 Å². The molecule has 150 valence electrons. The van der Waals surface area contributed by atoms with Crippen molar-refractivity contribution in [2.24, 2.45) is 5.92 Å². The Morgan fingerprint density at radius 1 is 0.931 bits per heavy atom. The SMILES string of the molecule is O=C1c2ccccc2CN1CC1CCN(CC(=O)N2CCc3ccccc32)CC1. The number of hydrogen-bond donors (Lipinski definition) is 0. The van der Waals surface area contributed by atoms with Gasteiger partial charge in [0.15, 0.2) is 0 Å². The Labute approximate surface area is 171 Å². The number of para-hydroxylation sites is 1. The van der Waals surface area contributed by atoms with Crippen molar-refractivity contribution in [2.75, 3.05) is 37.6 Å². The van der Waals surface area contributed by atoms with Crippen molar-refractivity contribution in [3.63, 3.8) is 0 Å². The molecule has 3 heterocycles. The van der Waals surface area contributed by atoms with Crippen LogP contribution >= 0.6 is 0 Å². The second kappa shape index (κ2) is 7.64. The lowest BCUT2D eigenvalue weighted by atomic mass is 9.96. The number of carbonyl (C=O) groups is 2. The van der Waals surface area contributed by atoms with Crippen molar-refractivity contribution < 1.29 is 9.59 Å². The molecule has 2 amide bonds. The Hall–Kier alpha value is -2.66. The van der Waals surface area contributed by atoms with E-state index in [-0.39, 0.29) is 11.8 Å². The molecule has 3 aliphatic rings. The smallest absolute Gasteiger partial charge is 0.254 e. The minimum Gasteiger partial charge on any atom is -0.334 e. The topological polar surface area (TPSA) is 43.9 Å². The molecular weight excluding hydrogens is 362 g/mol. The van der Waals surface area contributed by atoms with Crippen LogP contribution in [0.4, 0.5) is 5.69 Å². The summed E-state index contributed by atoms with van der Waals surface area (Å²) in [6.07, 6.45) is 3.05. The van der Waals surface area contributed by atoms with Gasteiger partial charge in [-0.1, -0.05) is 36.4 Å². The fraction of sp³-hybridized carbons (Fsp3) is 0.417. The van der Waals surface area contributed by atoms with Crippen LogP contribution < -0.4 is 4.90 Å². The number of hydrogen-bond acceptors (Lipinski definition) is 3. The minimum atomic E-state index is 0.172. The van der Waals surface area contributed by atoms with Gasteiger partial charge in [0.1, 0.15) is 0 Å². The second-order valence-electron chi connectivity index (χ2n) is 8.49. The number of carbonyl (C=O) groups excluding carboxylic acids is 2. The zero-order chi connectivity index (χ0) is 19.8. The number of benzene rings is 2. The van der Waals surface area contributed by atoms with E-state index in [1.54, 1.807) is 0 Å². The van der Waals surface area contributed by atoms with Gasteiger partial charge in [-0.2, -0.15) is 0 Å². The van der Waals surface area contributed by atoms with E-state index >= 15 is 0 Å². The molecule has 0 spiro atoms. The van der Waals surface area contributed by atoms with E-state index in [9.17, 15) is 9.59 Å². The Morgan fingerprint density at radius 3 is 2.45 bits per heavy atom. The predicted molar refractivity (Wildman–Crippen MR) is 113 cm³/mol. The fourth-order valence-corrected chi connectivity index (χ4v) is 4.97. The van der Waals surface area contributed by atoms with Crippen LogP contribution in [-0.2, 0) is 17.8 Å². The number of piperidine rings is 1. The Morgan fingerprint density at radius 2 is 1.66 bits per heavy atom. The lowest BCUT2D eigenvalue weighted by Gasteiger charge is -2.34. The van der Waals surface area contributed by atoms with Gasteiger partial charge in [0.2, 0.25) is 5.91 Å². The van der Waals surface area contributed by atoms with E-state index < -0.39 is 0 Å². The molecule has 0 aliphatic carbocycles. The third-order valence-electron chi connectivity index (χ3n) is 6.63. The first-order valence-electron chi connectivity index (χ1n) is 10.7. The predicted octanol–water partition coefficient (Wildman–Crippen LogP) is 2.94. The highest BCUT2D eigenvalue weighted by atomic mass is 16.2. The molecule has 0 radical (unpaired) electrons. The molecule has 0 atom stereocenters. The van der Waals surface area contributed by atoms with Crippen LogP contribution in [0.15, 0.2) is 48.5 Å². The van der Waals surface area contributed by atoms with Crippen molar-refractivity contribution in [1.29, 1.82) is 0 Å². The van der Waals surface area contributed by atoms with E-state index in [0.717, 1.165) is 68.8 Å². The van der Waals surface area contributed by atoms with E-state index in [4.69, 9.17) is 0 Å². The van der Waals surface area contributed by atoms with Crippen LogP contribution in [0.25, 0.3) is 0 Å². The molecule has 5 heteroatoms. The number of anilines is 1. The van der Waals surface area contributed by atoms with Crippen molar-refractivity contribution in [3.8, 4) is 0 Å². The summed E-state index contributed by atoms with van der Waals surface area (Å²) in [5, 5.41) is 0. The summed E-state index contributed by atoms with van der Waals surface area (Å²) in [5.74, 6) is 0.900. The first-order chi connectivity index (χ1) is 14.2. The van der Waals surface area contributed by atoms with Gasteiger partial charge < -0.3 is 9.80 Å². The standard InChI is InChI=1S/C24H27N3O2/c28-23(27-14-11-19-5-2-4-8-22(19)27)17-25-12-9-18(10-13-25)15-26-16-20-6-1-3-7-21(20)24(26)29/h1-8,18H,9-17H2. The average Bonchev–Trinajstić information content (AvgIpc) is 3.31. The summed E-state index contributed by atoms with van der Waals surface area (Å²) < 4.78 is 0.